The Morgan fingerprint density at radius 2 is 1.81 bits per heavy atom. The number of amides is 1. The molecule has 1 heterocycles. The summed E-state index contributed by atoms with van der Waals surface area (Å²) >= 11 is 1.59. The van der Waals surface area contributed by atoms with Crippen LogP contribution in [-0.4, -0.2) is 49.6 Å². The largest absolute Gasteiger partial charge is 0.494 e. The Kier molecular flexibility index (Phi) is 8.43. The highest BCUT2D eigenvalue weighted by Crippen LogP contribution is 2.31. The van der Waals surface area contributed by atoms with E-state index in [-0.39, 0.29) is 5.91 Å². The van der Waals surface area contributed by atoms with Crippen LogP contribution in [-0.2, 0) is 6.42 Å². The number of aromatic nitrogens is 1. The van der Waals surface area contributed by atoms with E-state index < -0.39 is 0 Å². The van der Waals surface area contributed by atoms with Gasteiger partial charge in [0, 0.05) is 12.1 Å². The highest BCUT2D eigenvalue weighted by molar-refractivity contribution is 7.22. The number of hydrogen-bond acceptors (Lipinski definition) is 5. The molecule has 166 valence electrons. The number of unbranched alkanes of at least 4 members (excludes halogenated alkanes) is 1. The Hall–Kier alpha value is -2.44. The molecular formula is C25H33N3O2S. The summed E-state index contributed by atoms with van der Waals surface area (Å²) in [5.74, 6) is 0.782. The maximum absolute atomic E-state index is 13.4. The fourth-order valence-corrected chi connectivity index (χ4v) is 4.36. The molecule has 0 saturated heterocycles. The Morgan fingerprint density at radius 3 is 2.48 bits per heavy atom. The third-order valence-electron chi connectivity index (χ3n) is 5.18. The first kappa shape index (κ1) is 23.2. The number of benzene rings is 2. The van der Waals surface area contributed by atoms with Gasteiger partial charge < -0.3 is 9.64 Å². The van der Waals surface area contributed by atoms with E-state index in [1.165, 1.54) is 5.56 Å². The fourth-order valence-electron chi connectivity index (χ4n) is 3.31. The number of anilines is 1. The van der Waals surface area contributed by atoms with Gasteiger partial charge in [0.2, 0.25) is 0 Å². The second-order valence-electron chi connectivity index (χ2n) is 7.99. The maximum atomic E-state index is 13.4. The SMILES string of the molecule is CCCCOc1ccc(C(=O)N(CCCN(C)C)c2nc3ccc(CC)cc3s2)cc1. The molecular weight excluding hydrogens is 406 g/mol. The Bertz CT molecular complexity index is 982. The molecule has 0 aliphatic rings. The van der Waals surface area contributed by atoms with Gasteiger partial charge in [-0.3, -0.25) is 9.69 Å². The number of carbonyl (C=O) groups excluding carboxylic acids is 1. The van der Waals surface area contributed by atoms with Gasteiger partial charge in [-0.1, -0.05) is 37.7 Å². The van der Waals surface area contributed by atoms with Crippen LogP contribution in [0.3, 0.4) is 0 Å². The summed E-state index contributed by atoms with van der Waals surface area (Å²) in [7, 11) is 4.10. The molecule has 1 amide bonds. The number of aryl methyl sites for hydroxylation is 1. The summed E-state index contributed by atoms with van der Waals surface area (Å²) in [5.41, 5.74) is 2.88. The Balaban J connectivity index is 1.83. The van der Waals surface area contributed by atoms with Crippen LogP contribution in [0.25, 0.3) is 10.2 Å². The monoisotopic (exact) mass is 439 g/mol. The van der Waals surface area contributed by atoms with Gasteiger partial charge >= 0.3 is 0 Å². The molecule has 6 heteroatoms. The van der Waals surface area contributed by atoms with Crippen molar-refractivity contribution < 1.29 is 9.53 Å². The third-order valence-corrected chi connectivity index (χ3v) is 6.22. The smallest absolute Gasteiger partial charge is 0.260 e. The van der Waals surface area contributed by atoms with Crippen molar-refractivity contribution >= 4 is 32.6 Å². The van der Waals surface area contributed by atoms with E-state index in [4.69, 9.17) is 9.72 Å². The summed E-state index contributed by atoms with van der Waals surface area (Å²) in [6.07, 6.45) is 3.99. The minimum atomic E-state index is -0.0198. The Labute approximate surface area is 189 Å². The molecule has 5 nitrogen and oxygen atoms in total. The van der Waals surface area contributed by atoms with Crippen LogP contribution < -0.4 is 9.64 Å². The molecule has 0 radical (unpaired) electrons. The topological polar surface area (TPSA) is 45.7 Å². The van der Waals surface area contributed by atoms with E-state index in [0.717, 1.165) is 53.3 Å². The molecule has 0 aliphatic carbocycles. The molecule has 1 aromatic heterocycles. The van der Waals surface area contributed by atoms with Gasteiger partial charge in [-0.05, 0) is 81.9 Å². The number of thiazole rings is 1. The fraction of sp³-hybridized carbons (Fsp3) is 0.440. The van der Waals surface area contributed by atoms with Gasteiger partial charge in [-0.2, -0.15) is 0 Å². The number of carbonyl (C=O) groups is 1. The molecule has 2 aromatic carbocycles. The van der Waals surface area contributed by atoms with Gasteiger partial charge in [0.25, 0.3) is 5.91 Å². The number of rotatable bonds is 11. The van der Waals surface area contributed by atoms with E-state index >= 15 is 0 Å². The predicted octanol–water partition coefficient (Wildman–Crippen LogP) is 5.64. The molecule has 0 fully saturated rings. The van der Waals surface area contributed by atoms with Crippen LogP contribution in [0.2, 0.25) is 0 Å². The zero-order valence-electron chi connectivity index (χ0n) is 19.1. The van der Waals surface area contributed by atoms with E-state index in [2.05, 4.69) is 36.9 Å². The van der Waals surface area contributed by atoms with Crippen molar-refractivity contribution in [2.24, 2.45) is 0 Å². The van der Waals surface area contributed by atoms with Crippen LogP contribution in [0, 0.1) is 0 Å². The molecule has 3 rings (SSSR count). The van der Waals surface area contributed by atoms with Crippen molar-refractivity contribution in [3.63, 3.8) is 0 Å². The second kappa shape index (κ2) is 11.3. The molecule has 0 N–H and O–H groups in total. The average Bonchev–Trinajstić information content (AvgIpc) is 3.19. The van der Waals surface area contributed by atoms with Crippen LogP contribution in [0.15, 0.2) is 42.5 Å². The van der Waals surface area contributed by atoms with Crippen molar-refractivity contribution in [3.8, 4) is 5.75 Å². The lowest BCUT2D eigenvalue weighted by Gasteiger charge is -2.21. The normalized spacial score (nSPS) is 11.3. The predicted molar refractivity (Wildman–Crippen MR) is 131 cm³/mol. The summed E-state index contributed by atoms with van der Waals surface area (Å²) in [6, 6.07) is 13.8. The first-order chi connectivity index (χ1) is 15.0. The zero-order valence-corrected chi connectivity index (χ0v) is 19.9. The van der Waals surface area contributed by atoms with Crippen LogP contribution in [0.1, 0.15) is 49.0 Å². The lowest BCUT2D eigenvalue weighted by molar-refractivity contribution is 0.0986. The highest BCUT2D eigenvalue weighted by atomic mass is 32.1. The highest BCUT2D eigenvalue weighted by Gasteiger charge is 2.21. The van der Waals surface area contributed by atoms with Crippen molar-refractivity contribution in [1.82, 2.24) is 9.88 Å². The van der Waals surface area contributed by atoms with Gasteiger partial charge in [0.1, 0.15) is 5.75 Å². The first-order valence-electron chi connectivity index (χ1n) is 11.1. The maximum Gasteiger partial charge on any atom is 0.260 e. The summed E-state index contributed by atoms with van der Waals surface area (Å²) in [4.78, 5) is 22.2. The van der Waals surface area contributed by atoms with Crippen LogP contribution in [0.5, 0.6) is 5.75 Å². The van der Waals surface area contributed by atoms with E-state index in [9.17, 15) is 4.79 Å². The molecule has 31 heavy (non-hydrogen) atoms. The van der Waals surface area contributed by atoms with Crippen molar-refractivity contribution in [3.05, 3.63) is 53.6 Å². The van der Waals surface area contributed by atoms with E-state index in [0.29, 0.717) is 18.7 Å². The first-order valence-corrected chi connectivity index (χ1v) is 11.9. The number of nitrogens with zero attached hydrogens (tertiary/aromatic N) is 3. The zero-order chi connectivity index (χ0) is 22.2. The molecule has 3 aromatic rings. The lowest BCUT2D eigenvalue weighted by atomic mass is 10.2. The van der Waals surface area contributed by atoms with Gasteiger partial charge in [-0.15, -0.1) is 0 Å². The lowest BCUT2D eigenvalue weighted by Crippen LogP contribution is -2.33. The Morgan fingerprint density at radius 1 is 1.03 bits per heavy atom. The van der Waals surface area contributed by atoms with Crippen molar-refractivity contribution in [2.75, 3.05) is 38.7 Å². The third kappa shape index (κ3) is 6.28. The minimum absolute atomic E-state index is 0.0198. The molecule has 0 aliphatic heterocycles. The van der Waals surface area contributed by atoms with Crippen molar-refractivity contribution in [2.45, 2.75) is 39.5 Å². The quantitative estimate of drug-likeness (QED) is 0.363. The average molecular weight is 440 g/mol. The number of hydrogen-bond donors (Lipinski definition) is 0. The molecule has 0 unspecified atom stereocenters. The molecule has 0 spiro atoms. The molecule has 0 saturated carbocycles. The second-order valence-corrected chi connectivity index (χ2v) is 9.00. The van der Waals surface area contributed by atoms with Gasteiger partial charge in [0.05, 0.1) is 16.8 Å². The van der Waals surface area contributed by atoms with Crippen LogP contribution >= 0.6 is 11.3 Å². The number of fused-ring (bicyclic) bond motifs is 1. The van der Waals surface area contributed by atoms with E-state index in [1.807, 2.05) is 43.3 Å². The van der Waals surface area contributed by atoms with E-state index in [1.54, 1.807) is 11.3 Å². The summed E-state index contributed by atoms with van der Waals surface area (Å²) in [5, 5.41) is 0.760. The van der Waals surface area contributed by atoms with Gasteiger partial charge in [0.15, 0.2) is 5.13 Å². The van der Waals surface area contributed by atoms with Crippen molar-refractivity contribution in [1.29, 1.82) is 0 Å². The number of ether oxygens (including phenoxy) is 1. The molecule has 0 bridgehead atoms. The standard InChI is InChI=1S/C25H33N3O2S/c1-5-7-17-30-21-12-10-20(11-13-21)24(29)28(16-8-15-27(3)4)25-26-22-14-9-19(6-2)18-23(22)31-25/h9-14,18H,5-8,15-17H2,1-4H3. The van der Waals surface area contributed by atoms with Gasteiger partial charge in [-0.25, -0.2) is 4.98 Å². The summed E-state index contributed by atoms with van der Waals surface area (Å²) in [6.45, 7) is 6.54. The molecule has 0 atom stereocenters. The van der Waals surface area contributed by atoms with Crippen LogP contribution in [0.4, 0.5) is 5.13 Å². The summed E-state index contributed by atoms with van der Waals surface area (Å²) < 4.78 is 6.86. The minimum Gasteiger partial charge on any atom is -0.494 e.